The summed E-state index contributed by atoms with van der Waals surface area (Å²) in [5, 5.41) is 17.1. The minimum absolute atomic E-state index is 0.132. The number of halogens is 1. The lowest BCUT2D eigenvalue weighted by atomic mass is 10.1. The molecule has 0 saturated carbocycles. The first-order valence-electron chi connectivity index (χ1n) is 4.32. The third-order valence-corrected chi connectivity index (χ3v) is 3.45. The standard InChI is InChI=1S/C10H7ClNO3S/c11-8-5-9(16(12,14)15)6-3-1-2-4-7(6)10(8)13/h1-5H,(H2,12,14,15). The fraction of sp³-hybridized carbons (Fsp3) is 0. The van der Waals surface area contributed by atoms with Gasteiger partial charge in [-0.2, -0.15) is 0 Å². The molecule has 2 N–H and O–H groups in total. The monoisotopic (exact) mass is 256 g/mol. The molecule has 0 unspecified atom stereocenters. The van der Waals surface area contributed by atoms with Gasteiger partial charge in [0.25, 0.3) is 0 Å². The molecule has 6 heteroatoms. The zero-order valence-corrected chi connectivity index (χ0v) is 9.55. The van der Waals surface area contributed by atoms with Crippen molar-refractivity contribution in [3.05, 3.63) is 35.4 Å². The molecule has 2 rings (SSSR count). The first-order chi connectivity index (χ1) is 7.41. The maximum Gasteiger partial charge on any atom is 0.238 e. The second kappa shape index (κ2) is 3.62. The van der Waals surface area contributed by atoms with Crippen molar-refractivity contribution >= 4 is 32.4 Å². The van der Waals surface area contributed by atoms with E-state index in [0.29, 0.717) is 5.39 Å². The topological polar surface area (TPSA) is 80.1 Å². The van der Waals surface area contributed by atoms with Crippen molar-refractivity contribution in [1.82, 2.24) is 0 Å². The predicted octanol–water partition coefficient (Wildman–Crippen LogP) is 2.28. The first-order valence-corrected chi connectivity index (χ1v) is 6.25. The van der Waals surface area contributed by atoms with Crippen LogP contribution in [0.15, 0.2) is 35.2 Å². The van der Waals surface area contributed by atoms with Crippen molar-refractivity contribution < 1.29 is 13.5 Å². The number of benzene rings is 2. The summed E-state index contributed by atoms with van der Waals surface area (Å²) >= 11 is 5.67. The summed E-state index contributed by atoms with van der Waals surface area (Å²) in [5.41, 5.74) is 0. The van der Waals surface area contributed by atoms with Crippen LogP contribution >= 0.6 is 11.6 Å². The second-order valence-electron chi connectivity index (χ2n) is 3.28. The van der Waals surface area contributed by atoms with Crippen LogP contribution in [0.25, 0.3) is 10.8 Å². The predicted molar refractivity (Wildman–Crippen MR) is 60.5 cm³/mol. The SMILES string of the molecule is NS(=O)(=O)c1cc(Cl)c([O])c2ccccc12. The Morgan fingerprint density at radius 2 is 1.69 bits per heavy atom. The zero-order chi connectivity index (χ0) is 11.9. The van der Waals surface area contributed by atoms with Crippen molar-refractivity contribution in [2.45, 2.75) is 4.90 Å². The molecule has 0 heterocycles. The third-order valence-electron chi connectivity index (χ3n) is 2.22. The van der Waals surface area contributed by atoms with Crippen LogP contribution in [0.4, 0.5) is 0 Å². The molecule has 0 aromatic heterocycles. The average Bonchev–Trinajstić information content (AvgIpc) is 2.22. The smallest absolute Gasteiger partial charge is 0.238 e. The summed E-state index contributed by atoms with van der Waals surface area (Å²) in [4.78, 5) is -0.132. The normalized spacial score (nSPS) is 11.9. The summed E-state index contributed by atoms with van der Waals surface area (Å²) in [5.74, 6) is -0.398. The summed E-state index contributed by atoms with van der Waals surface area (Å²) in [6, 6.07) is 7.38. The molecule has 0 bridgehead atoms. The van der Waals surface area contributed by atoms with Gasteiger partial charge in [0.1, 0.15) is 0 Å². The Morgan fingerprint density at radius 3 is 2.25 bits per heavy atom. The number of hydrogen-bond donors (Lipinski definition) is 1. The van der Waals surface area contributed by atoms with E-state index in [0.717, 1.165) is 6.07 Å². The van der Waals surface area contributed by atoms with Gasteiger partial charge in [-0.15, -0.1) is 0 Å². The summed E-state index contributed by atoms with van der Waals surface area (Å²) in [6.45, 7) is 0. The van der Waals surface area contributed by atoms with Gasteiger partial charge < -0.3 is 0 Å². The maximum absolute atomic E-state index is 11.6. The van der Waals surface area contributed by atoms with E-state index in [1.165, 1.54) is 12.1 Å². The van der Waals surface area contributed by atoms with Crippen LogP contribution in [0.3, 0.4) is 0 Å². The van der Waals surface area contributed by atoms with Crippen molar-refractivity contribution in [3.63, 3.8) is 0 Å². The highest BCUT2D eigenvalue weighted by Crippen LogP contribution is 2.36. The Hall–Kier alpha value is -1.30. The Bertz CT molecular complexity index is 667. The quantitative estimate of drug-likeness (QED) is 0.849. The highest BCUT2D eigenvalue weighted by atomic mass is 35.5. The Morgan fingerprint density at radius 1 is 1.12 bits per heavy atom. The molecule has 0 aliphatic heterocycles. The fourth-order valence-corrected chi connectivity index (χ4v) is 2.56. The molecule has 0 aliphatic rings. The molecule has 0 saturated heterocycles. The van der Waals surface area contributed by atoms with Crippen molar-refractivity contribution in [1.29, 1.82) is 0 Å². The highest BCUT2D eigenvalue weighted by molar-refractivity contribution is 7.89. The van der Waals surface area contributed by atoms with Gasteiger partial charge in [0.15, 0.2) is 0 Å². The van der Waals surface area contributed by atoms with Crippen molar-refractivity contribution in [2.75, 3.05) is 0 Å². The highest BCUT2D eigenvalue weighted by Gasteiger charge is 2.17. The average molecular weight is 257 g/mol. The molecular weight excluding hydrogens is 250 g/mol. The molecule has 83 valence electrons. The molecule has 0 fully saturated rings. The minimum atomic E-state index is -3.89. The van der Waals surface area contributed by atoms with Crippen molar-refractivity contribution in [3.8, 4) is 5.75 Å². The Kier molecular flexibility index (Phi) is 2.53. The van der Waals surface area contributed by atoms with Crippen molar-refractivity contribution in [2.24, 2.45) is 5.14 Å². The molecule has 4 nitrogen and oxygen atoms in total. The third kappa shape index (κ3) is 1.73. The summed E-state index contributed by atoms with van der Waals surface area (Å²) < 4.78 is 22.7. The molecule has 0 aliphatic carbocycles. The van der Waals surface area contributed by atoms with E-state index in [4.69, 9.17) is 16.7 Å². The van der Waals surface area contributed by atoms with Gasteiger partial charge in [0.05, 0.1) is 9.92 Å². The lowest BCUT2D eigenvalue weighted by Gasteiger charge is -2.06. The molecule has 0 amide bonds. The van der Waals surface area contributed by atoms with E-state index in [1.807, 2.05) is 0 Å². The second-order valence-corrected chi connectivity index (χ2v) is 5.21. The minimum Gasteiger partial charge on any atom is -0.288 e. The number of nitrogens with two attached hydrogens (primary N) is 1. The Balaban J connectivity index is 3.02. The van der Waals surface area contributed by atoms with Gasteiger partial charge in [0, 0.05) is 10.8 Å². The molecule has 16 heavy (non-hydrogen) atoms. The van der Waals surface area contributed by atoms with E-state index in [9.17, 15) is 13.5 Å². The summed E-state index contributed by atoms with van der Waals surface area (Å²) in [6.07, 6.45) is 0. The number of hydrogen-bond acceptors (Lipinski definition) is 2. The van der Waals surface area contributed by atoms with E-state index in [1.54, 1.807) is 12.1 Å². The number of sulfonamides is 1. The van der Waals surface area contributed by atoms with Gasteiger partial charge in [0.2, 0.25) is 15.8 Å². The number of fused-ring (bicyclic) bond motifs is 1. The Labute approximate surface area is 97.3 Å². The van der Waals surface area contributed by atoms with E-state index >= 15 is 0 Å². The molecular formula is C10H7ClNO3S. The molecule has 2 aromatic rings. The van der Waals surface area contributed by atoms with Crippen LogP contribution in [0.5, 0.6) is 5.75 Å². The van der Waals surface area contributed by atoms with Crippen LogP contribution in [-0.2, 0) is 15.1 Å². The van der Waals surface area contributed by atoms with Crippen LogP contribution in [0.1, 0.15) is 0 Å². The number of primary sulfonamides is 1. The zero-order valence-electron chi connectivity index (χ0n) is 7.98. The van der Waals surface area contributed by atoms with Gasteiger partial charge in [-0.1, -0.05) is 35.9 Å². The van der Waals surface area contributed by atoms with Gasteiger partial charge >= 0.3 is 0 Å². The number of rotatable bonds is 1. The van der Waals surface area contributed by atoms with Gasteiger partial charge in [-0.05, 0) is 6.07 Å². The van der Waals surface area contributed by atoms with Crippen LogP contribution in [-0.4, -0.2) is 8.42 Å². The molecule has 1 radical (unpaired) electrons. The van der Waals surface area contributed by atoms with Crippen LogP contribution in [0, 0.1) is 0 Å². The first kappa shape index (κ1) is 11.2. The van der Waals surface area contributed by atoms with E-state index < -0.39 is 15.8 Å². The molecule has 0 atom stereocenters. The lowest BCUT2D eigenvalue weighted by Crippen LogP contribution is -2.12. The fourth-order valence-electron chi connectivity index (χ4n) is 1.52. The van der Waals surface area contributed by atoms with Gasteiger partial charge in [-0.25, -0.2) is 13.6 Å². The molecule has 0 spiro atoms. The summed E-state index contributed by atoms with van der Waals surface area (Å²) in [7, 11) is -3.89. The van der Waals surface area contributed by atoms with E-state index in [2.05, 4.69) is 0 Å². The molecule has 2 aromatic carbocycles. The lowest BCUT2D eigenvalue weighted by molar-refractivity contribution is 0.360. The largest absolute Gasteiger partial charge is 0.288 e. The van der Waals surface area contributed by atoms with Gasteiger partial charge in [-0.3, -0.25) is 5.11 Å². The van der Waals surface area contributed by atoms with E-state index in [-0.39, 0.29) is 15.3 Å². The maximum atomic E-state index is 11.6. The van der Waals surface area contributed by atoms with Crippen LogP contribution in [0.2, 0.25) is 5.02 Å². The van der Waals surface area contributed by atoms with Crippen LogP contribution < -0.4 is 5.14 Å².